The van der Waals surface area contributed by atoms with E-state index >= 15 is 0 Å². The summed E-state index contributed by atoms with van der Waals surface area (Å²) in [6.45, 7) is 0. The Morgan fingerprint density at radius 3 is 2.60 bits per heavy atom. The molecule has 20 heavy (non-hydrogen) atoms. The topological polar surface area (TPSA) is 72.5 Å². The molecule has 2 rings (SSSR count). The van der Waals surface area contributed by atoms with E-state index < -0.39 is 11.8 Å². The molecule has 0 aromatic heterocycles. The van der Waals surface area contributed by atoms with Crippen molar-refractivity contribution in [3.8, 4) is 5.75 Å². The third-order valence-electron chi connectivity index (χ3n) is 2.66. The Morgan fingerprint density at radius 1 is 1.25 bits per heavy atom. The summed E-state index contributed by atoms with van der Waals surface area (Å²) in [6.07, 6.45) is 0. The molecule has 0 heterocycles. The molecule has 0 radical (unpaired) electrons. The average molecular weight is 293 g/mol. The van der Waals surface area contributed by atoms with Crippen molar-refractivity contribution in [3.63, 3.8) is 0 Å². The highest BCUT2D eigenvalue weighted by atomic mass is 32.2. The first-order valence-electron chi connectivity index (χ1n) is 5.66. The molecule has 0 aliphatic carbocycles. The summed E-state index contributed by atoms with van der Waals surface area (Å²) < 4.78 is 18.6. The number of aromatic carboxylic acids is 1. The fourth-order valence-corrected chi connectivity index (χ4v) is 2.77. The van der Waals surface area contributed by atoms with E-state index in [9.17, 15) is 14.3 Å². The summed E-state index contributed by atoms with van der Waals surface area (Å²) in [5, 5.41) is 9.18. The van der Waals surface area contributed by atoms with Gasteiger partial charge in [0.2, 0.25) is 0 Å². The number of para-hydroxylation sites is 1. The fraction of sp³-hybridized carbons (Fsp3) is 0.0714. The number of hydrogen-bond donors (Lipinski definition) is 2. The molecule has 0 saturated carbocycles. The Kier molecular flexibility index (Phi) is 4.14. The van der Waals surface area contributed by atoms with E-state index in [4.69, 9.17) is 10.5 Å². The minimum absolute atomic E-state index is 0.235. The molecule has 0 amide bonds. The molecule has 2 aromatic carbocycles. The maximum Gasteiger partial charge on any atom is 0.339 e. The maximum atomic E-state index is 13.4. The van der Waals surface area contributed by atoms with Gasteiger partial charge in [0.15, 0.2) is 0 Å². The van der Waals surface area contributed by atoms with Crippen LogP contribution in [0.15, 0.2) is 46.2 Å². The highest BCUT2D eigenvalue weighted by Gasteiger charge is 2.19. The predicted octanol–water partition coefficient (Wildman–Crippen LogP) is 3.27. The molecule has 3 N–H and O–H groups in total. The number of nitrogen functional groups attached to an aromatic ring is 1. The number of carboxylic acids is 1. The number of nitrogens with two attached hydrogens (primary N) is 1. The van der Waals surface area contributed by atoms with E-state index in [1.165, 1.54) is 13.2 Å². The van der Waals surface area contributed by atoms with E-state index in [0.717, 1.165) is 22.7 Å². The Hall–Kier alpha value is -2.21. The van der Waals surface area contributed by atoms with Crippen molar-refractivity contribution in [2.45, 2.75) is 9.79 Å². The predicted molar refractivity (Wildman–Crippen MR) is 74.9 cm³/mol. The third kappa shape index (κ3) is 2.70. The van der Waals surface area contributed by atoms with Crippen molar-refractivity contribution in [1.82, 2.24) is 0 Å². The SMILES string of the molecule is COc1ccccc1Sc1ccc(F)c(N)c1C(=O)O. The lowest BCUT2D eigenvalue weighted by molar-refractivity contribution is 0.0694. The highest BCUT2D eigenvalue weighted by molar-refractivity contribution is 7.99. The number of anilines is 1. The number of methoxy groups -OCH3 is 1. The molecule has 104 valence electrons. The van der Waals surface area contributed by atoms with Crippen LogP contribution in [-0.4, -0.2) is 18.2 Å². The largest absolute Gasteiger partial charge is 0.496 e. The molecule has 0 atom stereocenters. The van der Waals surface area contributed by atoms with Crippen molar-refractivity contribution in [3.05, 3.63) is 47.8 Å². The zero-order chi connectivity index (χ0) is 14.7. The van der Waals surface area contributed by atoms with Gasteiger partial charge in [-0.3, -0.25) is 0 Å². The van der Waals surface area contributed by atoms with Gasteiger partial charge in [-0.15, -0.1) is 0 Å². The Bertz CT molecular complexity index is 661. The zero-order valence-electron chi connectivity index (χ0n) is 10.6. The smallest absolute Gasteiger partial charge is 0.339 e. The van der Waals surface area contributed by atoms with Crippen LogP contribution in [0.1, 0.15) is 10.4 Å². The van der Waals surface area contributed by atoms with Crippen molar-refractivity contribution >= 4 is 23.4 Å². The first-order chi connectivity index (χ1) is 9.54. The molecule has 0 fully saturated rings. The fourth-order valence-electron chi connectivity index (χ4n) is 1.70. The van der Waals surface area contributed by atoms with E-state index in [2.05, 4.69) is 0 Å². The third-order valence-corrected chi connectivity index (χ3v) is 3.77. The lowest BCUT2D eigenvalue weighted by Gasteiger charge is -2.11. The highest BCUT2D eigenvalue weighted by Crippen LogP contribution is 2.38. The van der Waals surface area contributed by atoms with Gasteiger partial charge in [0.25, 0.3) is 0 Å². The van der Waals surface area contributed by atoms with E-state index in [1.807, 2.05) is 0 Å². The van der Waals surface area contributed by atoms with Crippen molar-refractivity contribution in [1.29, 1.82) is 0 Å². The standard InChI is InChI=1S/C14H12FNO3S/c1-19-9-4-2-3-5-10(9)20-11-7-6-8(15)13(16)12(11)14(17)18/h2-7H,16H2,1H3,(H,17,18). The minimum atomic E-state index is -1.26. The van der Waals surface area contributed by atoms with Gasteiger partial charge >= 0.3 is 5.97 Å². The van der Waals surface area contributed by atoms with Crippen LogP contribution in [0.5, 0.6) is 5.75 Å². The number of carbonyl (C=O) groups is 1. The van der Waals surface area contributed by atoms with Crippen LogP contribution < -0.4 is 10.5 Å². The summed E-state index contributed by atoms with van der Waals surface area (Å²) in [7, 11) is 1.52. The second-order valence-corrected chi connectivity index (χ2v) is 4.98. The normalized spacial score (nSPS) is 10.3. The van der Waals surface area contributed by atoms with Crippen LogP contribution in [0.4, 0.5) is 10.1 Å². The van der Waals surface area contributed by atoms with Crippen molar-refractivity contribution in [2.75, 3.05) is 12.8 Å². The van der Waals surface area contributed by atoms with Gasteiger partial charge in [-0.1, -0.05) is 23.9 Å². The van der Waals surface area contributed by atoms with Crippen LogP contribution in [0.3, 0.4) is 0 Å². The molecule has 0 aliphatic rings. The lowest BCUT2D eigenvalue weighted by Crippen LogP contribution is -2.06. The van der Waals surface area contributed by atoms with Gasteiger partial charge in [-0.2, -0.15) is 0 Å². The van der Waals surface area contributed by atoms with E-state index in [1.54, 1.807) is 24.3 Å². The van der Waals surface area contributed by atoms with Gasteiger partial charge < -0.3 is 15.6 Å². The summed E-state index contributed by atoms with van der Waals surface area (Å²) in [5.41, 5.74) is 4.91. The number of hydrogen-bond acceptors (Lipinski definition) is 4. The first kappa shape index (κ1) is 14.2. The van der Waals surface area contributed by atoms with Crippen LogP contribution >= 0.6 is 11.8 Å². The molecule has 0 bridgehead atoms. The van der Waals surface area contributed by atoms with Gasteiger partial charge in [0.1, 0.15) is 11.6 Å². The van der Waals surface area contributed by atoms with Crippen LogP contribution in [0.25, 0.3) is 0 Å². The average Bonchev–Trinajstić information content (AvgIpc) is 2.43. The summed E-state index contributed by atoms with van der Waals surface area (Å²) in [6, 6.07) is 9.70. The van der Waals surface area contributed by atoms with Gasteiger partial charge in [-0.05, 0) is 24.3 Å². The van der Waals surface area contributed by atoms with Gasteiger partial charge in [0, 0.05) is 4.90 Å². The summed E-state index contributed by atoms with van der Waals surface area (Å²) in [4.78, 5) is 12.3. The van der Waals surface area contributed by atoms with Crippen LogP contribution in [0, 0.1) is 5.82 Å². The number of rotatable bonds is 4. The molecule has 2 aromatic rings. The number of carboxylic acid groups (broad SMARTS) is 1. The second kappa shape index (κ2) is 5.83. The Labute approximate surface area is 119 Å². The maximum absolute atomic E-state index is 13.4. The molecule has 0 aliphatic heterocycles. The van der Waals surface area contributed by atoms with Crippen molar-refractivity contribution in [2.24, 2.45) is 0 Å². The number of ether oxygens (including phenoxy) is 1. The van der Waals surface area contributed by atoms with Gasteiger partial charge in [0.05, 0.1) is 23.3 Å². The molecule has 6 heteroatoms. The van der Waals surface area contributed by atoms with Crippen LogP contribution in [0.2, 0.25) is 0 Å². The molecule has 4 nitrogen and oxygen atoms in total. The molecule has 0 unspecified atom stereocenters. The van der Waals surface area contributed by atoms with Crippen molar-refractivity contribution < 1.29 is 19.0 Å². The number of halogens is 1. The monoisotopic (exact) mass is 293 g/mol. The summed E-state index contributed by atoms with van der Waals surface area (Å²) >= 11 is 1.16. The zero-order valence-corrected chi connectivity index (χ0v) is 11.4. The van der Waals surface area contributed by atoms with E-state index in [-0.39, 0.29) is 11.3 Å². The molecule has 0 saturated heterocycles. The Balaban J connectivity index is 2.49. The van der Waals surface area contributed by atoms with Crippen LogP contribution in [-0.2, 0) is 0 Å². The second-order valence-electron chi connectivity index (χ2n) is 3.89. The minimum Gasteiger partial charge on any atom is -0.496 e. The molecular weight excluding hydrogens is 281 g/mol. The molecular formula is C14H12FNO3S. The first-order valence-corrected chi connectivity index (χ1v) is 6.48. The summed E-state index contributed by atoms with van der Waals surface area (Å²) in [5.74, 6) is -1.40. The van der Waals surface area contributed by atoms with E-state index in [0.29, 0.717) is 10.6 Å². The quantitative estimate of drug-likeness (QED) is 0.846. The molecule has 0 spiro atoms. The lowest BCUT2D eigenvalue weighted by atomic mass is 10.2. The Morgan fingerprint density at radius 2 is 1.95 bits per heavy atom. The van der Waals surface area contributed by atoms with Gasteiger partial charge in [-0.25, -0.2) is 9.18 Å². The number of benzene rings is 2.